The van der Waals surface area contributed by atoms with Crippen molar-refractivity contribution in [1.82, 2.24) is 4.90 Å². The molecule has 0 fully saturated rings. The number of thiophene rings is 1. The van der Waals surface area contributed by atoms with Crippen LogP contribution in [0.5, 0.6) is 0 Å². The van der Waals surface area contributed by atoms with Crippen molar-refractivity contribution in [2.24, 2.45) is 5.73 Å². The van der Waals surface area contributed by atoms with E-state index in [0.717, 1.165) is 17.1 Å². The Morgan fingerprint density at radius 1 is 1.14 bits per heavy atom. The molecule has 0 radical (unpaired) electrons. The average molecular weight is 323 g/mol. The van der Waals surface area contributed by atoms with Crippen LogP contribution in [0, 0.1) is 0 Å². The monoisotopic (exact) mass is 322 g/mol. The fourth-order valence-corrected chi connectivity index (χ4v) is 3.62. The molecule has 0 amide bonds. The average Bonchev–Trinajstić information content (AvgIpc) is 2.92. The summed E-state index contributed by atoms with van der Waals surface area (Å²) in [7, 11) is 0. The van der Waals surface area contributed by atoms with Crippen molar-refractivity contribution in [3.8, 4) is 0 Å². The number of hydrogen-bond acceptors (Lipinski definition) is 3. The zero-order valence-corrected chi connectivity index (χ0v) is 14.4. The summed E-state index contributed by atoms with van der Waals surface area (Å²) >= 11 is 8.20. The number of nitrogens with two attached hydrogens (primary N) is 1. The van der Waals surface area contributed by atoms with Crippen LogP contribution >= 0.6 is 22.9 Å². The first kappa shape index (κ1) is 16.5. The minimum Gasteiger partial charge on any atom is -0.326 e. The molecule has 2 aromatic rings. The smallest absolute Gasteiger partial charge is 0.0517 e. The zero-order valence-electron chi connectivity index (χ0n) is 12.8. The fourth-order valence-electron chi connectivity index (χ4n) is 2.66. The molecule has 2 rings (SSSR count). The van der Waals surface area contributed by atoms with E-state index in [1.807, 2.05) is 18.2 Å². The van der Waals surface area contributed by atoms with E-state index >= 15 is 0 Å². The van der Waals surface area contributed by atoms with Gasteiger partial charge in [-0.3, -0.25) is 4.90 Å². The van der Waals surface area contributed by atoms with E-state index < -0.39 is 0 Å². The third-order valence-electron chi connectivity index (χ3n) is 3.66. The predicted octanol–water partition coefficient (Wildman–Crippen LogP) is 4.70. The molecule has 0 aliphatic heterocycles. The molecule has 0 aliphatic carbocycles. The molecule has 4 heteroatoms. The first-order chi connectivity index (χ1) is 10.0. The van der Waals surface area contributed by atoms with Crippen LogP contribution in [0.3, 0.4) is 0 Å². The summed E-state index contributed by atoms with van der Waals surface area (Å²) in [4.78, 5) is 3.78. The number of benzene rings is 1. The van der Waals surface area contributed by atoms with Gasteiger partial charge in [-0.2, -0.15) is 0 Å². The van der Waals surface area contributed by atoms with Gasteiger partial charge in [-0.1, -0.05) is 35.9 Å². The Hall–Kier alpha value is -0.870. The van der Waals surface area contributed by atoms with E-state index in [1.54, 1.807) is 11.3 Å². The summed E-state index contributed by atoms with van der Waals surface area (Å²) in [5.74, 6) is 0. The lowest BCUT2D eigenvalue weighted by atomic mass is 9.97. The van der Waals surface area contributed by atoms with Gasteiger partial charge in [0.1, 0.15) is 0 Å². The third kappa shape index (κ3) is 4.07. The summed E-state index contributed by atoms with van der Waals surface area (Å²) in [6, 6.07) is 12.8. The lowest BCUT2D eigenvalue weighted by Crippen LogP contribution is -2.42. The lowest BCUT2D eigenvalue weighted by Gasteiger charge is -2.37. The predicted molar refractivity (Wildman–Crippen MR) is 92.8 cm³/mol. The minimum absolute atomic E-state index is 0.00672. The molecule has 0 saturated carbocycles. The molecule has 0 bridgehead atoms. The molecule has 2 unspecified atom stereocenters. The highest BCUT2D eigenvalue weighted by Crippen LogP contribution is 2.32. The van der Waals surface area contributed by atoms with Crippen LogP contribution in [-0.4, -0.2) is 17.0 Å². The Morgan fingerprint density at radius 3 is 2.38 bits per heavy atom. The maximum Gasteiger partial charge on any atom is 0.0517 e. The highest BCUT2D eigenvalue weighted by atomic mass is 35.5. The molecule has 1 aromatic heterocycles. The Bertz CT molecular complexity index is 552. The summed E-state index contributed by atoms with van der Waals surface area (Å²) < 4.78 is 0. The van der Waals surface area contributed by atoms with E-state index in [-0.39, 0.29) is 12.1 Å². The van der Waals surface area contributed by atoms with E-state index in [9.17, 15) is 0 Å². The van der Waals surface area contributed by atoms with Crippen molar-refractivity contribution in [2.75, 3.05) is 0 Å². The largest absolute Gasteiger partial charge is 0.326 e. The highest BCUT2D eigenvalue weighted by molar-refractivity contribution is 7.09. The minimum atomic E-state index is 0.00672. The molecule has 2 nitrogen and oxygen atoms in total. The van der Waals surface area contributed by atoms with Gasteiger partial charge in [-0.25, -0.2) is 0 Å². The normalized spacial score (nSPS) is 14.6. The summed E-state index contributed by atoms with van der Waals surface area (Å²) in [5, 5.41) is 2.90. The van der Waals surface area contributed by atoms with Crippen molar-refractivity contribution in [1.29, 1.82) is 0 Å². The van der Waals surface area contributed by atoms with Crippen LogP contribution in [0.15, 0.2) is 41.8 Å². The first-order valence-corrected chi connectivity index (χ1v) is 8.54. The number of hydrogen-bond donors (Lipinski definition) is 1. The molecule has 114 valence electrons. The maximum atomic E-state index is 6.41. The van der Waals surface area contributed by atoms with E-state index in [2.05, 4.69) is 49.3 Å². The molecule has 2 atom stereocenters. The van der Waals surface area contributed by atoms with Gasteiger partial charge in [0, 0.05) is 28.5 Å². The molecule has 1 heterocycles. The van der Waals surface area contributed by atoms with Crippen molar-refractivity contribution in [3.05, 3.63) is 57.2 Å². The molecule has 2 N–H and O–H groups in total. The first-order valence-electron chi connectivity index (χ1n) is 7.29. The topological polar surface area (TPSA) is 29.3 Å². The van der Waals surface area contributed by atoms with Gasteiger partial charge in [0.25, 0.3) is 0 Å². The lowest BCUT2D eigenvalue weighted by molar-refractivity contribution is 0.128. The number of rotatable bonds is 6. The third-order valence-corrected chi connectivity index (χ3v) is 4.87. The molecule has 0 spiro atoms. The van der Waals surface area contributed by atoms with Gasteiger partial charge < -0.3 is 5.73 Å². The maximum absolute atomic E-state index is 6.41. The molecule has 0 aliphatic rings. The van der Waals surface area contributed by atoms with Gasteiger partial charge in [0.2, 0.25) is 0 Å². The SMILES string of the molecule is CC(N)C(c1ccccc1Cl)N(Cc1cccs1)C(C)C. The van der Waals surface area contributed by atoms with Crippen LogP contribution < -0.4 is 5.73 Å². The Kier molecular flexibility index (Phi) is 5.82. The van der Waals surface area contributed by atoms with Gasteiger partial charge in [0.15, 0.2) is 0 Å². The zero-order chi connectivity index (χ0) is 15.4. The standard InChI is InChI=1S/C17H23ClN2S/c1-12(2)20(11-14-7-6-10-21-14)17(13(3)19)15-8-4-5-9-16(15)18/h4-10,12-13,17H,11,19H2,1-3H3. The summed E-state index contributed by atoms with van der Waals surface area (Å²) in [6.07, 6.45) is 0. The fraction of sp³-hybridized carbons (Fsp3) is 0.412. The van der Waals surface area contributed by atoms with Crippen molar-refractivity contribution >= 4 is 22.9 Å². The summed E-state index contributed by atoms with van der Waals surface area (Å²) in [6.45, 7) is 7.37. The van der Waals surface area contributed by atoms with E-state index in [0.29, 0.717) is 6.04 Å². The number of halogens is 1. The Labute approximate surface area is 136 Å². The van der Waals surface area contributed by atoms with Crippen molar-refractivity contribution in [2.45, 2.75) is 45.4 Å². The van der Waals surface area contributed by atoms with Crippen LogP contribution in [0.1, 0.15) is 37.3 Å². The van der Waals surface area contributed by atoms with Crippen molar-refractivity contribution < 1.29 is 0 Å². The molecule has 1 aromatic carbocycles. The van der Waals surface area contributed by atoms with Crippen LogP contribution in [0.25, 0.3) is 0 Å². The molecule has 0 saturated heterocycles. The second-order valence-electron chi connectivity index (χ2n) is 5.67. The van der Waals surface area contributed by atoms with E-state index in [1.165, 1.54) is 4.88 Å². The Morgan fingerprint density at radius 2 is 1.86 bits per heavy atom. The van der Waals surface area contributed by atoms with Gasteiger partial charge in [-0.05, 0) is 43.8 Å². The van der Waals surface area contributed by atoms with Gasteiger partial charge in [0.05, 0.1) is 6.04 Å². The second-order valence-corrected chi connectivity index (χ2v) is 7.11. The van der Waals surface area contributed by atoms with Crippen LogP contribution in [0.2, 0.25) is 5.02 Å². The van der Waals surface area contributed by atoms with Crippen molar-refractivity contribution in [3.63, 3.8) is 0 Å². The quantitative estimate of drug-likeness (QED) is 0.835. The molecule has 21 heavy (non-hydrogen) atoms. The van der Waals surface area contributed by atoms with Gasteiger partial charge in [-0.15, -0.1) is 11.3 Å². The van der Waals surface area contributed by atoms with E-state index in [4.69, 9.17) is 17.3 Å². The highest BCUT2D eigenvalue weighted by Gasteiger charge is 2.28. The molecular formula is C17H23ClN2S. The molecular weight excluding hydrogens is 300 g/mol. The second kappa shape index (κ2) is 7.41. The summed E-state index contributed by atoms with van der Waals surface area (Å²) in [5.41, 5.74) is 7.42. The van der Waals surface area contributed by atoms with Crippen LogP contribution in [-0.2, 0) is 6.54 Å². The van der Waals surface area contributed by atoms with Crippen LogP contribution in [0.4, 0.5) is 0 Å². The van der Waals surface area contributed by atoms with Gasteiger partial charge >= 0.3 is 0 Å². The Balaban J connectivity index is 2.35. The number of nitrogens with zero attached hydrogens (tertiary/aromatic N) is 1.